The third kappa shape index (κ3) is 5.26. The van der Waals surface area contributed by atoms with Crippen LogP contribution in [-0.2, 0) is 11.3 Å². The Hall–Kier alpha value is -3.00. The first-order valence-corrected chi connectivity index (χ1v) is 9.58. The van der Waals surface area contributed by atoms with Gasteiger partial charge in [-0.1, -0.05) is 41.6 Å². The van der Waals surface area contributed by atoms with Gasteiger partial charge in [0.2, 0.25) is 11.8 Å². The van der Waals surface area contributed by atoms with Crippen LogP contribution in [0.2, 0.25) is 0 Å². The molecule has 3 rings (SSSR count). The Balaban J connectivity index is 1.56. The highest BCUT2D eigenvalue weighted by Gasteiger charge is 2.13. The third-order valence-corrected chi connectivity index (χ3v) is 4.76. The van der Waals surface area contributed by atoms with E-state index in [0.29, 0.717) is 34.7 Å². The van der Waals surface area contributed by atoms with Crippen molar-refractivity contribution in [1.29, 1.82) is 0 Å². The van der Waals surface area contributed by atoms with Crippen molar-refractivity contribution < 1.29 is 18.7 Å². The van der Waals surface area contributed by atoms with E-state index < -0.39 is 0 Å². The topological polar surface area (TPSA) is 86.5 Å². The summed E-state index contributed by atoms with van der Waals surface area (Å²) in [5, 5.41) is 11.2. The number of rotatable bonds is 8. The third-order valence-electron chi connectivity index (χ3n) is 3.94. The lowest BCUT2D eigenvalue weighted by Crippen LogP contribution is -2.24. The van der Waals surface area contributed by atoms with Crippen molar-refractivity contribution in [1.82, 2.24) is 15.5 Å². The van der Waals surface area contributed by atoms with Crippen LogP contribution in [0.4, 0.5) is 0 Å². The van der Waals surface area contributed by atoms with Gasteiger partial charge in [-0.3, -0.25) is 4.79 Å². The van der Waals surface area contributed by atoms with Crippen molar-refractivity contribution in [3.8, 4) is 23.0 Å². The van der Waals surface area contributed by atoms with Gasteiger partial charge in [0.05, 0.1) is 20.0 Å². The maximum Gasteiger partial charge on any atom is 0.277 e. The Morgan fingerprint density at radius 3 is 2.39 bits per heavy atom. The number of nitrogens with one attached hydrogen (secondary N) is 1. The number of aromatic nitrogens is 2. The minimum absolute atomic E-state index is 0.103. The maximum atomic E-state index is 12.0. The van der Waals surface area contributed by atoms with Crippen molar-refractivity contribution in [3.05, 3.63) is 53.6 Å². The molecule has 2 aromatic carbocycles. The van der Waals surface area contributed by atoms with Gasteiger partial charge in [0, 0.05) is 18.2 Å². The van der Waals surface area contributed by atoms with Gasteiger partial charge in [0.1, 0.15) is 11.5 Å². The summed E-state index contributed by atoms with van der Waals surface area (Å²) >= 11 is 1.19. The van der Waals surface area contributed by atoms with Crippen LogP contribution < -0.4 is 14.8 Å². The highest BCUT2D eigenvalue weighted by atomic mass is 32.2. The second-order valence-corrected chi connectivity index (χ2v) is 6.95. The van der Waals surface area contributed by atoms with Gasteiger partial charge in [-0.25, -0.2) is 0 Å². The second kappa shape index (κ2) is 9.27. The Morgan fingerprint density at radius 1 is 1.07 bits per heavy atom. The number of aryl methyl sites for hydroxylation is 1. The molecule has 0 unspecified atom stereocenters. The highest BCUT2D eigenvalue weighted by Crippen LogP contribution is 2.30. The minimum atomic E-state index is -0.103. The summed E-state index contributed by atoms with van der Waals surface area (Å²) in [5.41, 5.74) is 2.92. The molecule has 0 bridgehead atoms. The summed E-state index contributed by atoms with van der Waals surface area (Å²) in [5.74, 6) is 1.66. The van der Waals surface area contributed by atoms with Crippen molar-refractivity contribution in [3.63, 3.8) is 0 Å². The molecular formula is C20H21N3O4S. The summed E-state index contributed by atoms with van der Waals surface area (Å²) in [4.78, 5) is 12.0. The minimum Gasteiger partial charge on any atom is -0.497 e. The lowest BCUT2D eigenvalue weighted by atomic mass is 10.1. The van der Waals surface area contributed by atoms with Gasteiger partial charge in [0.25, 0.3) is 5.22 Å². The number of carbonyl (C=O) groups excluding carboxylic acids is 1. The monoisotopic (exact) mass is 399 g/mol. The fourth-order valence-corrected chi connectivity index (χ4v) is 2.99. The normalized spacial score (nSPS) is 10.5. The lowest BCUT2D eigenvalue weighted by Gasteiger charge is -2.05. The van der Waals surface area contributed by atoms with E-state index in [1.165, 1.54) is 17.3 Å². The average Bonchev–Trinajstić information content (AvgIpc) is 3.20. The molecule has 0 fully saturated rings. The number of benzene rings is 2. The molecule has 1 N–H and O–H groups in total. The van der Waals surface area contributed by atoms with E-state index in [0.717, 1.165) is 5.56 Å². The molecule has 8 heteroatoms. The molecule has 1 heterocycles. The zero-order chi connectivity index (χ0) is 19.9. The van der Waals surface area contributed by atoms with E-state index in [1.54, 1.807) is 32.4 Å². The predicted molar refractivity (Wildman–Crippen MR) is 107 cm³/mol. The van der Waals surface area contributed by atoms with E-state index in [2.05, 4.69) is 15.5 Å². The predicted octanol–water partition coefficient (Wildman–Crippen LogP) is 3.47. The smallest absolute Gasteiger partial charge is 0.277 e. The van der Waals surface area contributed by atoms with Crippen LogP contribution >= 0.6 is 11.8 Å². The van der Waals surface area contributed by atoms with Gasteiger partial charge in [0.15, 0.2) is 0 Å². The molecule has 0 radical (unpaired) electrons. The van der Waals surface area contributed by atoms with Crippen LogP contribution in [0.5, 0.6) is 11.5 Å². The Kier molecular flexibility index (Phi) is 6.54. The summed E-state index contributed by atoms with van der Waals surface area (Å²) in [7, 11) is 3.14. The second-order valence-electron chi connectivity index (χ2n) is 6.03. The van der Waals surface area contributed by atoms with E-state index in [1.807, 2.05) is 31.2 Å². The summed E-state index contributed by atoms with van der Waals surface area (Å²) < 4.78 is 16.1. The number of hydrogen-bond donors (Lipinski definition) is 1. The molecule has 0 aliphatic heterocycles. The number of carbonyl (C=O) groups is 1. The molecule has 0 saturated carbocycles. The van der Waals surface area contributed by atoms with Crippen LogP contribution in [0.25, 0.3) is 11.5 Å². The summed E-state index contributed by atoms with van der Waals surface area (Å²) in [6.07, 6.45) is 0. The maximum absolute atomic E-state index is 12.0. The van der Waals surface area contributed by atoms with Gasteiger partial charge in [-0.15, -0.1) is 10.2 Å². The van der Waals surface area contributed by atoms with Crippen molar-refractivity contribution in [2.45, 2.75) is 18.7 Å². The van der Waals surface area contributed by atoms with E-state index in [-0.39, 0.29) is 11.7 Å². The molecule has 0 atom stereocenters. The van der Waals surface area contributed by atoms with E-state index >= 15 is 0 Å². The average molecular weight is 399 g/mol. The molecule has 146 valence electrons. The molecule has 1 aromatic heterocycles. The molecule has 0 aliphatic carbocycles. The van der Waals surface area contributed by atoms with Crippen LogP contribution in [0.1, 0.15) is 11.1 Å². The van der Waals surface area contributed by atoms with Gasteiger partial charge in [-0.05, 0) is 24.6 Å². The number of thioether (sulfide) groups is 1. The highest BCUT2D eigenvalue weighted by molar-refractivity contribution is 7.99. The van der Waals surface area contributed by atoms with E-state index in [9.17, 15) is 4.79 Å². The van der Waals surface area contributed by atoms with Gasteiger partial charge < -0.3 is 19.2 Å². The first kappa shape index (κ1) is 19.8. The molecule has 3 aromatic rings. The molecule has 7 nitrogen and oxygen atoms in total. The largest absolute Gasteiger partial charge is 0.497 e. The van der Waals surface area contributed by atoms with Crippen LogP contribution in [0.3, 0.4) is 0 Å². The number of hydrogen-bond acceptors (Lipinski definition) is 7. The number of nitrogens with zero attached hydrogens (tertiary/aromatic N) is 2. The SMILES string of the molecule is COc1cc(OC)cc(-c2nnc(SCC(=O)NCc3ccc(C)cc3)o2)c1. The van der Waals surface area contributed by atoms with Gasteiger partial charge >= 0.3 is 0 Å². The summed E-state index contributed by atoms with van der Waals surface area (Å²) in [6.45, 7) is 2.51. The Morgan fingerprint density at radius 2 is 1.75 bits per heavy atom. The molecular weight excluding hydrogens is 378 g/mol. The van der Waals surface area contributed by atoms with E-state index in [4.69, 9.17) is 13.9 Å². The summed E-state index contributed by atoms with van der Waals surface area (Å²) in [6, 6.07) is 13.3. The zero-order valence-corrected chi connectivity index (χ0v) is 16.7. The molecule has 0 spiro atoms. The fourth-order valence-electron chi connectivity index (χ4n) is 2.40. The quantitative estimate of drug-likeness (QED) is 0.580. The molecule has 0 aliphatic rings. The lowest BCUT2D eigenvalue weighted by molar-refractivity contribution is -0.118. The number of methoxy groups -OCH3 is 2. The van der Waals surface area contributed by atoms with Crippen molar-refractivity contribution >= 4 is 17.7 Å². The standard InChI is InChI=1S/C20H21N3O4S/c1-13-4-6-14(7-5-13)11-21-18(24)12-28-20-23-22-19(27-20)15-8-16(25-2)10-17(9-15)26-3/h4-10H,11-12H2,1-3H3,(H,21,24). The Labute approximate surface area is 167 Å². The fraction of sp³-hybridized carbons (Fsp3) is 0.250. The van der Waals surface area contributed by atoms with Crippen molar-refractivity contribution in [2.24, 2.45) is 0 Å². The molecule has 0 saturated heterocycles. The zero-order valence-electron chi connectivity index (χ0n) is 15.9. The Bertz CT molecular complexity index is 919. The van der Waals surface area contributed by atoms with Gasteiger partial charge in [-0.2, -0.15) is 0 Å². The van der Waals surface area contributed by atoms with Crippen LogP contribution in [0.15, 0.2) is 52.1 Å². The van der Waals surface area contributed by atoms with Crippen LogP contribution in [-0.4, -0.2) is 36.1 Å². The number of ether oxygens (including phenoxy) is 2. The van der Waals surface area contributed by atoms with Crippen LogP contribution in [0, 0.1) is 6.92 Å². The molecule has 28 heavy (non-hydrogen) atoms. The first-order valence-electron chi connectivity index (χ1n) is 8.59. The molecule has 1 amide bonds. The first-order chi connectivity index (χ1) is 13.6. The van der Waals surface area contributed by atoms with Crippen molar-refractivity contribution in [2.75, 3.05) is 20.0 Å². The number of amides is 1.